The fraction of sp³-hybridized carbons (Fsp3) is 0.364. The predicted molar refractivity (Wildman–Crippen MR) is 68.8 cm³/mol. The number of nitrogens with zero attached hydrogens (tertiary/aromatic N) is 2. The lowest BCUT2D eigenvalue weighted by molar-refractivity contribution is 0.00692. The molecule has 2 heterocycles. The van der Waals surface area contributed by atoms with Crippen LogP contribution in [0.4, 0.5) is 11.5 Å². The average molecular weight is 251 g/mol. The molecule has 1 aromatic heterocycles. The summed E-state index contributed by atoms with van der Waals surface area (Å²) in [6, 6.07) is 1.69. The summed E-state index contributed by atoms with van der Waals surface area (Å²) >= 11 is 1.34. The predicted octanol–water partition coefficient (Wildman–Crippen LogP) is 2.77. The zero-order chi connectivity index (χ0) is 12.5. The van der Waals surface area contributed by atoms with E-state index in [1.807, 2.05) is 20.8 Å². The van der Waals surface area contributed by atoms with Crippen LogP contribution in [0.15, 0.2) is 17.3 Å². The van der Waals surface area contributed by atoms with E-state index in [0.29, 0.717) is 11.4 Å². The number of fused-ring (bicyclic) bond motifs is 1. The van der Waals surface area contributed by atoms with Crippen molar-refractivity contribution < 1.29 is 9.53 Å². The Morgan fingerprint density at radius 3 is 2.94 bits per heavy atom. The first-order valence-electron chi connectivity index (χ1n) is 5.13. The van der Waals surface area contributed by atoms with Gasteiger partial charge in [-0.3, -0.25) is 0 Å². The van der Waals surface area contributed by atoms with Crippen molar-refractivity contribution in [1.82, 2.24) is 4.98 Å². The zero-order valence-electron chi connectivity index (χ0n) is 9.85. The standard InChI is InChI=1S/C11H13N3O2S/c1-11(2,3)16-10(15)7-4-8-9(12-5-7)13-6-17-14-8/h4-6,14H,1-3H3. The van der Waals surface area contributed by atoms with Crippen LogP contribution in [-0.4, -0.2) is 22.1 Å². The Labute approximate surface area is 104 Å². The molecule has 1 aliphatic rings. The van der Waals surface area contributed by atoms with Crippen LogP contribution in [0, 0.1) is 0 Å². The lowest BCUT2D eigenvalue weighted by atomic mass is 10.2. The van der Waals surface area contributed by atoms with E-state index >= 15 is 0 Å². The molecule has 0 aliphatic carbocycles. The van der Waals surface area contributed by atoms with Crippen LogP contribution in [0.3, 0.4) is 0 Å². The molecule has 0 atom stereocenters. The molecule has 0 bridgehead atoms. The monoisotopic (exact) mass is 251 g/mol. The van der Waals surface area contributed by atoms with Gasteiger partial charge in [-0.25, -0.2) is 14.8 Å². The summed E-state index contributed by atoms with van der Waals surface area (Å²) in [4.78, 5) is 20.0. The van der Waals surface area contributed by atoms with E-state index in [1.165, 1.54) is 18.1 Å². The van der Waals surface area contributed by atoms with E-state index in [-0.39, 0.29) is 5.97 Å². The normalized spacial score (nSPS) is 13.8. The lowest BCUT2D eigenvalue weighted by Gasteiger charge is -2.19. The van der Waals surface area contributed by atoms with Crippen molar-refractivity contribution in [3.8, 4) is 0 Å². The maximum atomic E-state index is 11.8. The lowest BCUT2D eigenvalue weighted by Crippen LogP contribution is -2.24. The van der Waals surface area contributed by atoms with Gasteiger partial charge in [-0.05, 0) is 38.8 Å². The fourth-order valence-corrected chi connectivity index (χ4v) is 1.73. The minimum Gasteiger partial charge on any atom is -0.456 e. The van der Waals surface area contributed by atoms with Crippen molar-refractivity contribution in [3.05, 3.63) is 17.8 Å². The summed E-state index contributed by atoms with van der Waals surface area (Å²) in [5.41, 5.74) is 2.29. The summed E-state index contributed by atoms with van der Waals surface area (Å²) in [6.07, 6.45) is 1.47. The zero-order valence-corrected chi connectivity index (χ0v) is 10.7. The second-order valence-electron chi connectivity index (χ2n) is 4.55. The van der Waals surface area contributed by atoms with Crippen molar-refractivity contribution in [2.75, 3.05) is 4.72 Å². The van der Waals surface area contributed by atoms with E-state index in [1.54, 1.807) is 11.6 Å². The molecule has 0 radical (unpaired) electrons. The van der Waals surface area contributed by atoms with E-state index in [9.17, 15) is 4.79 Å². The van der Waals surface area contributed by atoms with E-state index in [4.69, 9.17) is 4.74 Å². The van der Waals surface area contributed by atoms with Gasteiger partial charge in [0.25, 0.3) is 0 Å². The van der Waals surface area contributed by atoms with Gasteiger partial charge in [0.1, 0.15) is 5.60 Å². The van der Waals surface area contributed by atoms with E-state index in [2.05, 4.69) is 14.7 Å². The molecule has 5 nitrogen and oxygen atoms in total. The molecule has 1 aromatic rings. The molecule has 0 amide bonds. The topological polar surface area (TPSA) is 63.6 Å². The first-order chi connectivity index (χ1) is 7.96. The summed E-state index contributed by atoms with van der Waals surface area (Å²) in [5.74, 6) is 0.199. The maximum Gasteiger partial charge on any atom is 0.340 e. The van der Waals surface area contributed by atoms with Crippen molar-refractivity contribution >= 4 is 35.0 Å². The maximum absolute atomic E-state index is 11.8. The highest BCUT2D eigenvalue weighted by Gasteiger charge is 2.19. The highest BCUT2D eigenvalue weighted by Crippen LogP contribution is 2.29. The van der Waals surface area contributed by atoms with Gasteiger partial charge in [0.2, 0.25) is 0 Å². The molecule has 0 fully saturated rings. The molecule has 0 saturated heterocycles. The van der Waals surface area contributed by atoms with Crippen molar-refractivity contribution in [1.29, 1.82) is 0 Å². The minimum atomic E-state index is -0.507. The fourth-order valence-electron chi connectivity index (χ4n) is 1.25. The molecule has 2 rings (SSSR count). The van der Waals surface area contributed by atoms with Crippen LogP contribution in [0.1, 0.15) is 31.1 Å². The molecule has 90 valence electrons. The third kappa shape index (κ3) is 2.97. The van der Waals surface area contributed by atoms with Crippen LogP contribution in [0.2, 0.25) is 0 Å². The quantitative estimate of drug-likeness (QED) is 0.614. The molecule has 1 N–H and O–H groups in total. The molecular weight excluding hydrogens is 238 g/mol. The Bertz CT molecular complexity index is 480. The molecule has 0 aromatic carbocycles. The number of anilines is 1. The molecule has 6 heteroatoms. The first kappa shape index (κ1) is 11.9. The Morgan fingerprint density at radius 1 is 1.47 bits per heavy atom. The second kappa shape index (κ2) is 4.37. The molecule has 0 unspecified atom stereocenters. The van der Waals surface area contributed by atoms with Crippen LogP contribution in [0.25, 0.3) is 0 Å². The van der Waals surface area contributed by atoms with Gasteiger partial charge in [-0.15, -0.1) is 0 Å². The number of hydrogen-bond donors (Lipinski definition) is 1. The molecule has 1 aliphatic heterocycles. The number of aromatic nitrogens is 1. The minimum absolute atomic E-state index is 0.380. The summed E-state index contributed by atoms with van der Waals surface area (Å²) in [7, 11) is 0. The van der Waals surface area contributed by atoms with Crippen molar-refractivity contribution in [2.24, 2.45) is 4.99 Å². The number of rotatable bonds is 1. The highest BCUT2D eigenvalue weighted by molar-refractivity contribution is 8.13. The molecule has 17 heavy (non-hydrogen) atoms. The average Bonchev–Trinajstić information content (AvgIpc) is 2.26. The Morgan fingerprint density at radius 2 is 2.24 bits per heavy atom. The number of hydrogen-bond acceptors (Lipinski definition) is 6. The third-order valence-corrected chi connectivity index (χ3v) is 2.45. The SMILES string of the molecule is CC(C)(C)OC(=O)c1cnc2c(c1)NSC=N2. The van der Waals surface area contributed by atoms with Gasteiger partial charge in [0.15, 0.2) is 5.82 Å². The summed E-state index contributed by atoms with van der Waals surface area (Å²) in [6.45, 7) is 5.49. The molecular formula is C11H13N3O2S. The number of nitrogens with one attached hydrogen (secondary N) is 1. The Kier molecular flexibility index (Phi) is 3.06. The molecule has 0 spiro atoms. The first-order valence-corrected chi connectivity index (χ1v) is 6.01. The van der Waals surface area contributed by atoms with Gasteiger partial charge in [0, 0.05) is 6.20 Å². The third-order valence-electron chi connectivity index (χ3n) is 1.90. The second-order valence-corrected chi connectivity index (χ2v) is 5.20. The van der Waals surface area contributed by atoms with Crippen molar-refractivity contribution in [2.45, 2.75) is 26.4 Å². The number of carbonyl (C=O) groups excluding carboxylic acids is 1. The van der Waals surface area contributed by atoms with Crippen LogP contribution in [-0.2, 0) is 4.74 Å². The van der Waals surface area contributed by atoms with Crippen LogP contribution in [0.5, 0.6) is 0 Å². The molecule has 0 saturated carbocycles. The highest BCUT2D eigenvalue weighted by atomic mass is 32.2. The van der Waals surface area contributed by atoms with Crippen LogP contribution >= 0.6 is 11.9 Å². The summed E-state index contributed by atoms with van der Waals surface area (Å²) < 4.78 is 8.28. The number of aliphatic imine (C=N–C) groups is 1. The van der Waals surface area contributed by atoms with Gasteiger partial charge in [-0.2, -0.15) is 0 Å². The summed E-state index contributed by atoms with van der Waals surface area (Å²) in [5, 5.41) is 0. The number of carbonyl (C=O) groups is 1. The Balaban J connectivity index is 2.23. The van der Waals surface area contributed by atoms with Gasteiger partial charge < -0.3 is 9.46 Å². The van der Waals surface area contributed by atoms with E-state index in [0.717, 1.165) is 5.69 Å². The van der Waals surface area contributed by atoms with Crippen LogP contribution < -0.4 is 4.72 Å². The van der Waals surface area contributed by atoms with Gasteiger partial charge >= 0.3 is 5.97 Å². The van der Waals surface area contributed by atoms with Gasteiger partial charge in [-0.1, -0.05) is 0 Å². The number of ether oxygens (including phenoxy) is 1. The Hall–Kier alpha value is -1.56. The number of pyridine rings is 1. The van der Waals surface area contributed by atoms with Gasteiger partial charge in [0.05, 0.1) is 16.8 Å². The smallest absolute Gasteiger partial charge is 0.340 e. The van der Waals surface area contributed by atoms with E-state index < -0.39 is 5.60 Å². The largest absolute Gasteiger partial charge is 0.456 e. The van der Waals surface area contributed by atoms with Crippen molar-refractivity contribution in [3.63, 3.8) is 0 Å². The number of esters is 1.